The van der Waals surface area contributed by atoms with E-state index in [4.69, 9.17) is 9.47 Å². The van der Waals surface area contributed by atoms with E-state index in [0.29, 0.717) is 9.87 Å². The summed E-state index contributed by atoms with van der Waals surface area (Å²) in [5.41, 5.74) is -0.0581. The second kappa shape index (κ2) is 13.5. The highest BCUT2D eigenvalue weighted by Crippen LogP contribution is 2.28. The normalized spacial score (nSPS) is 17.6. The number of carbonyl (C=O) groups excluding carboxylic acids is 3. The molecule has 45 heavy (non-hydrogen) atoms. The molecule has 1 N–H and O–H groups in total. The fourth-order valence-corrected chi connectivity index (χ4v) is 7.45. The van der Waals surface area contributed by atoms with Crippen LogP contribution in [0.3, 0.4) is 0 Å². The van der Waals surface area contributed by atoms with Gasteiger partial charge >= 0.3 is 12.1 Å². The summed E-state index contributed by atoms with van der Waals surface area (Å²) >= 11 is 0. The molecule has 0 aromatic heterocycles. The minimum atomic E-state index is -4.73. The van der Waals surface area contributed by atoms with E-state index < -0.39 is 61.3 Å². The number of hydrogen-bond acceptors (Lipinski definition) is 10. The Balaban J connectivity index is 2.15. The van der Waals surface area contributed by atoms with Gasteiger partial charge in [-0.15, -0.1) is 0 Å². The van der Waals surface area contributed by atoms with E-state index in [9.17, 15) is 31.2 Å². The summed E-state index contributed by atoms with van der Waals surface area (Å²) in [5, 5.41) is 2.81. The number of sulfonamides is 1. The molecule has 1 saturated heterocycles. The molecule has 0 saturated carbocycles. The van der Waals surface area contributed by atoms with E-state index in [1.165, 1.54) is 55.4 Å². The number of ether oxygens (including phenoxy) is 2. The minimum Gasteiger partial charge on any atom is -0.458 e. The Hall–Kier alpha value is -3.49. The number of esters is 1. The number of rotatable bonds is 8. The number of hydrogen-bond donors (Lipinski definition) is 1. The molecule has 0 aliphatic carbocycles. The fourth-order valence-electron chi connectivity index (χ4n) is 4.52. The molecule has 14 heteroatoms. The molecule has 2 aromatic rings. The Labute approximate surface area is 266 Å². The van der Waals surface area contributed by atoms with Gasteiger partial charge in [0.15, 0.2) is 9.84 Å². The fraction of sp³-hybridized carbons (Fsp3) is 0.516. The second-order valence-electron chi connectivity index (χ2n) is 13.2. The van der Waals surface area contributed by atoms with Gasteiger partial charge in [0.25, 0.3) is 15.9 Å². The van der Waals surface area contributed by atoms with Crippen molar-refractivity contribution >= 4 is 37.8 Å². The molecule has 12 nitrogen and oxygen atoms in total. The van der Waals surface area contributed by atoms with E-state index >= 15 is 0 Å². The summed E-state index contributed by atoms with van der Waals surface area (Å²) in [6.45, 7) is 10.7. The molecule has 1 fully saturated rings. The number of carbonyl (C=O) groups is 3. The van der Waals surface area contributed by atoms with Crippen LogP contribution in [0, 0.1) is 0 Å². The molecule has 0 radical (unpaired) electrons. The summed E-state index contributed by atoms with van der Waals surface area (Å²) in [6.07, 6.45) is -0.911. The number of benzene rings is 2. The van der Waals surface area contributed by atoms with Crippen LogP contribution in [0.1, 0.15) is 52.7 Å². The third-order valence-electron chi connectivity index (χ3n) is 6.90. The van der Waals surface area contributed by atoms with Crippen molar-refractivity contribution in [3.63, 3.8) is 0 Å². The Kier molecular flexibility index (Phi) is 10.8. The first-order valence-electron chi connectivity index (χ1n) is 14.4. The molecule has 248 valence electrons. The van der Waals surface area contributed by atoms with Crippen molar-refractivity contribution in [1.29, 1.82) is 0 Å². The van der Waals surface area contributed by atoms with Crippen LogP contribution in [-0.2, 0) is 46.0 Å². The van der Waals surface area contributed by atoms with Crippen LogP contribution in [-0.4, -0.2) is 93.8 Å². The van der Waals surface area contributed by atoms with Crippen molar-refractivity contribution in [3.05, 3.63) is 59.7 Å². The van der Waals surface area contributed by atoms with Gasteiger partial charge in [-0.25, -0.2) is 30.7 Å². The minimum absolute atomic E-state index is 0.0584. The van der Waals surface area contributed by atoms with Crippen LogP contribution < -0.4 is 10.1 Å². The van der Waals surface area contributed by atoms with Crippen LogP contribution >= 0.6 is 0 Å². The lowest BCUT2D eigenvalue weighted by molar-refractivity contribution is -0.162. The average Bonchev–Trinajstić information content (AvgIpc) is 2.91. The van der Waals surface area contributed by atoms with Gasteiger partial charge in [-0.05, 0) is 61.6 Å². The molecule has 2 aromatic carbocycles. The molecule has 2 atom stereocenters. The van der Waals surface area contributed by atoms with Crippen LogP contribution in [0.5, 0.6) is 5.75 Å². The third kappa shape index (κ3) is 9.50. The Morgan fingerprint density at radius 2 is 1.53 bits per heavy atom. The van der Waals surface area contributed by atoms with E-state index in [1.54, 1.807) is 32.9 Å². The predicted octanol–water partition coefficient (Wildman–Crippen LogP) is 2.90. The smallest absolute Gasteiger partial charge is 0.414 e. The monoisotopic (exact) mass is 665 g/mol. The van der Waals surface area contributed by atoms with Crippen molar-refractivity contribution < 1.29 is 40.7 Å². The summed E-state index contributed by atoms with van der Waals surface area (Å²) in [6, 6.07) is 8.90. The standard InChI is InChI=1S/C31H43N3O9S2/c1-30(2,3)22-11-15-24(16-12-22)45(40,41)34(27(35)25-20-44(38,39)18-17-32-25)26(28(36)43-31(4,5)6)19-21-9-13-23(14-10-21)42-29(37)33(7)8/h9-16,25-26,32H,17-20H2,1-8H3/t25?,26-/m0/s1. The van der Waals surface area contributed by atoms with Gasteiger partial charge in [0.2, 0.25) is 0 Å². The topological polar surface area (TPSA) is 156 Å². The SMILES string of the molecule is CN(C)C(=O)Oc1ccc(C[C@@H](C(=O)OC(C)(C)C)N(C(=O)C2CS(=O)(=O)CCN2)S(=O)(=O)c2ccc(C(C)(C)C)cc2)cc1. The molecule has 1 aliphatic heterocycles. The van der Waals surface area contributed by atoms with Crippen LogP contribution in [0.15, 0.2) is 53.4 Å². The van der Waals surface area contributed by atoms with E-state index in [-0.39, 0.29) is 34.8 Å². The molecule has 3 rings (SSSR count). The van der Waals surface area contributed by atoms with Gasteiger partial charge in [0, 0.05) is 27.1 Å². The lowest BCUT2D eigenvalue weighted by atomic mass is 9.87. The molecule has 1 unspecified atom stereocenters. The average molecular weight is 666 g/mol. The largest absolute Gasteiger partial charge is 0.458 e. The number of sulfone groups is 1. The van der Waals surface area contributed by atoms with Gasteiger partial charge in [-0.3, -0.25) is 4.79 Å². The first-order chi connectivity index (χ1) is 20.6. The van der Waals surface area contributed by atoms with Gasteiger partial charge in [0.05, 0.1) is 16.4 Å². The summed E-state index contributed by atoms with van der Waals surface area (Å²) in [4.78, 5) is 40.9. The Morgan fingerprint density at radius 1 is 0.956 bits per heavy atom. The summed E-state index contributed by atoms with van der Waals surface area (Å²) < 4.78 is 65.0. The maximum Gasteiger partial charge on any atom is 0.414 e. The molecular formula is C31H43N3O9S2. The molecule has 2 amide bonds. The van der Waals surface area contributed by atoms with Crippen LogP contribution in [0.25, 0.3) is 0 Å². The first-order valence-corrected chi connectivity index (χ1v) is 17.7. The molecular weight excluding hydrogens is 622 g/mol. The first kappa shape index (κ1) is 36.0. The van der Waals surface area contributed by atoms with Crippen molar-refractivity contribution in [2.24, 2.45) is 0 Å². The molecule has 1 aliphatic rings. The van der Waals surface area contributed by atoms with Crippen LogP contribution in [0.2, 0.25) is 0 Å². The molecule has 1 heterocycles. The zero-order valence-electron chi connectivity index (χ0n) is 27.0. The van der Waals surface area contributed by atoms with Crippen molar-refractivity contribution in [3.8, 4) is 5.75 Å². The van der Waals surface area contributed by atoms with Gasteiger partial charge < -0.3 is 19.7 Å². The van der Waals surface area contributed by atoms with Crippen LogP contribution in [0.4, 0.5) is 4.79 Å². The van der Waals surface area contributed by atoms with Crippen molar-refractivity contribution in [2.45, 2.75) is 76.0 Å². The zero-order valence-corrected chi connectivity index (χ0v) is 28.6. The highest BCUT2D eigenvalue weighted by atomic mass is 32.2. The van der Waals surface area contributed by atoms with E-state index in [2.05, 4.69) is 5.32 Å². The number of nitrogens with one attached hydrogen (secondary N) is 1. The highest BCUT2D eigenvalue weighted by Gasteiger charge is 2.45. The van der Waals surface area contributed by atoms with E-state index in [0.717, 1.165) is 5.56 Å². The molecule has 0 spiro atoms. The van der Waals surface area contributed by atoms with Gasteiger partial charge in [-0.2, -0.15) is 0 Å². The lowest BCUT2D eigenvalue weighted by Crippen LogP contribution is -2.60. The second-order valence-corrected chi connectivity index (χ2v) is 17.2. The van der Waals surface area contributed by atoms with Crippen molar-refractivity contribution in [2.75, 3.05) is 32.1 Å². The summed E-state index contributed by atoms with van der Waals surface area (Å²) in [7, 11) is -5.34. The van der Waals surface area contributed by atoms with E-state index in [1.807, 2.05) is 20.8 Å². The van der Waals surface area contributed by atoms with Gasteiger partial charge in [0.1, 0.15) is 23.4 Å². The van der Waals surface area contributed by atoms with Crippen molar-refractivity contribution in [1.82, 2.24) is 14.5 Å². The number of nitrogens with zero attached hydrogens (tertiary/aromatic N) is 2. The lowest BCUT2D eigenvalue weighted by Gasteiger charge is -2.35. The quantitative estimate of drug-likeness (QED) is 0.416. The Morgan fingerprint density at radius 3 is 2.02 bits per heavy atom. The third-order valence-corrected chi connectivity index (χ3v) is 10.4. The maximum atomic E-state index is 14.3. The predicted molar refractivity (Wildman–Crippen MR) is 169 cm³/mol. The highest BCUT2D eigenvalue weighted by molar-refractivity contribution is 7.91. The maximum absolute atomic E-state index is 14.3. The molecule has 0 bridgehead atoms. The zero-order chi connectivity index (χ0) is 34.0. The number of amides is 2. The van der Waals surface area contributed by atoms with Gasteiger partial charge in [-0.1, -0.05) is 45.0 Å². The Bertz CT molecular complexity index is 1610. The summed E-state index contributed by atoms with van der Waals surface area (Å²) in [5.74, 6) is -2.72.